The SMILES string of the molecule is CCCCCC(O)(CCC)OC. The van der Waals surface area contributed by atoms with Gasteiger partial charge >= 0.3 is 0 Å². The fourth-order valence-corrected chi connectivity index (χ4v) is 1.37. The molecule has 0 aromatic heterocycles. The first-order valence-electron chi connectivity index (χ1n) is 4.96. The lowest BCUT2D eigenvalue weighted by atomic mass is 10.0. The number of hydrogen-bond donors (Lipinski definition) is 1. The molecule has 0 radical (unpaired) electrons. The van der Waals surface area contributed by atoms with Crippen molar-refractivity contribution in [2.75, 3.05) is 7.11 Å². The van der Waals surface area contributed by atoms with E-state index >= 15 is 0 Å². The van der Waals surface area contributed by atoms with E-state index in [1.165, 1.54) is 12.8 Å². The van der Waals surface area contributed by atoms with Crippen LogP contribution in [0.15, 0.2) is 0 Å². The van der Waals surface area contributed by atoms with E-state index in [-0.39, 0.29) is 0 Å². The zero-order chi connectivity index (χ0) is 9.45. The number of ether oxygens (including phenoxy) is 1. The molecule has 0 rings (SSSR count). The lowest BCUT2D eigenvalue weighted by Gasteiger charge is -2.25. The molecule has 0 aliphatic carbocycles. The number of rotatable bonds is 7. The fraction of sp³-hybridized carbons (Fsp3) is 1.00. The van der Waals surface area contributed by atoms with Gasteiger partial charge in [0.1, 0.15) is 0 Å². The van der Waals surface area contributed by atoms with E-state index in [2.05, 4.69) is 13.8 Å². The Labute approximate surface area is 75.9 Å². The first-order valence-corrected chi connectivity index (χ1v) is 4.96. The van der Waals surface area contributed by atoms with Crippen LogP contribution in [-0.4, -0.2) is 18.0 Å². The minimum absolute atomic E-state index is 0.743. The molecule has 0 aromatic carbocycles. The molecule has 74 valence electrons. The molecule has 0 aliphatic rings. The molecule has 0 saturated heterocycles. The minimum atomic E-state index is -0.857. The van der Waals surface area contributed by atoms with Gasteiger partial charge in [-0.25, -0.2) is 0 Å². The van der Waals surface area contributed by atoms with Gasteiger partial charge in [0.2, 0.25) is 0 Å². The summed E-state index contributed by atoms with van der Waals surface area (Å²) in [6.45, 7) is 4.22. The molecule has 2 nitrogen and oxygen atoms in total. The Morgan fingerprint density at radius 2 is 1.75 bits per heavy atom. The Bertz CT molecular complexity index is 104. The molecule has 0 aliphatic heterocycles. The molecule has 12 heavy (non-hydrogen) atoms. The zero-order valence-corrected chi connectivity index (χ0v) is 8.60. The number of hydrogen-bond acceptors (Lipinski definition) is 2. The molecule has 0 spiro atoms. The maximum atomic E-state index is 9.82. The van der Waals surface area contributed by atoms with Crippen LogP contribution >= 0.6 is 0 Å². The van der Waals surface area contributed by atoms with Crippen molar-refractivity contribution in [1.29, 1.82) is 0 Å². The standard InChI is InChI=1S/C10H22O2/c1-4-6-7-9-10(11,12-3)8-5-2/h11H,4-9H2,1-3H3. The van der Waals surface area contributed by atoms with Gasteiger partial charge in [0.05, 0.1) is 0 Å². The van der Waals surface area contributed by atoms with Crippen molar-refractivity contribution in [1.82, 2.24) is 0 Å². The Morgan fingerprint density at radius 3 is 2.17 bits per heavy atom. The average Bonchev–Trinajstić information content (AvgIpc) is 2.06. The van der Waals surface area contributed by atoms with Gasteiger partial charge in [0, 0.05) is 20.0 Å². The number of methoxy groups -OCH3 is 1. The largest absolute Gasteiger partial charge is 0.365 e. The highest BCUT2D eigenvalue weighted by Crippen LogP contribution is 2.21. The quantitative estimate of drug-likeness (QED) is 0.475. The van der Waals surface area contributed by atoms with Gasteiger partial charge in [-0.1, -0.05) is 33.1 Å². The maximum absolute atomic E-state index is 9.82. The molecule has 0 amide bonds. The van der Waals surface area contributed by atoms with E-state index in [9.17, 15) is 5.11 Å². The van der Waals surface area contributed by atoms with E-state index in [4.69, 9.17) is 4.74 Å². The predicted octanol–water partition coefficient (Wildman–Crippen LogP) is 2.70. The van der Waals surface area contributed by atoms with Crippen LogP contribution in [0.5, 0.6) is 0 Å². The third-order valence-corrected chi connectivity index (χ3v) is 2.19. The van der Waals surface area contributed by atoms with Crippen LogP contribution in [0.1, 0.15) is 52.4 Å². The summed E-state index contributed by atoms with van der Waals surface area (Å²) in [5, 5.41) is 9.82. The molecule has 1 atom stereocenters. The first kappa shape index (κ1) is 11.9. The molecule has 0 saturated carbocycles. The Kier molecular flexibility index (Phi) is 6.39. The van der Waals surface area contributed by atoms with Crippen molar-refractivity contribution in [2.45, 2.75) is 58.2 Å². The summed E-state index contributed by atoms with van der Waals surface area (Å²) in [5.41, 5.74) is 0. The molecule has 0 aromatic rings. The van der Waals surface area contributed by atoms with Crippen LogP contribution in [-0.2, 0) is 4.74 Å². The Balaban J connectivity index is 3.63. The topological polar surface area (TPSA) is 29.5 Å². The highest BCUT2D eigenvalue weighted by atomic mass is 16.6. The normalized spacial score (nSPS) is 16.0. The molecule has 0 heterocycles. The average molecular weight is 174 g/mol. The highest BCUT2D eigenvalue weighted by molar-refractivity contribution is 4.65. The molecule has 1 unspecified atom stereocenters. The summed E-state index contributed by atoms with van der Waals surface area (Å²) in [5.74, 6) is -0.857. The lowest BCUT2D eigenvalue weighted by Crippen LogP contribution is -2.30. The summed E-state index contributed by atoms with van der Waals surface area (Å²) in [4.78, 5) is 0. The van der Waals surface area contributed by atoms with Gasteiger partial charge < -0.3 is 9.84 Å². The highest BCUT2D eigenvalue weighted by Gasteiger charge is 2.23. The van der Waals surface area contributed by atoms with Crippen LogP contribution in [0.25, 0.3) is 0 Å². The van der Waals surface area contributed by atoms with Crippen molar-refractivity contribution >= 4 is 0 Å². The molecule has 1 N–H and O–H groups in total. The van der Waals surface area contributed by atoms with Gasteiger partial charge in [0.15, 0.2) is 5.79 Å². The van der Waals surface area contributed by atoms with Gasteiger partial charge in [0.25, 0.3) is 0 Å². The molecule has 0 fully saturated rings. The molecule has 2 heteroatoms. The Morgan fingerprint density at radius 1 is 1.08 bits per heavy atom. The third kappa shape index (κ3) is 4.73. The van der Waals surface area contributed by atoms with Crippen LogP contribution in [0.4, 0.5) is 0 Å². The van der Waals surface area contributed by atoms with Crippen LogP contribution in [0, 0.1) is 0 Å². The second-order valence-electron chi connectivity index (χ2n) is 3.36. The van der Waals surface area contributed by atoms with Crippen LogP contribution < -0.4 is 0 Å². The van der Waals surface area contributed by atoms with Crippen molar-refractivity contribution < 1.29 is 9.84 Å². The smallest absolute Gasteiger partial charge is 0.165 e. The number of aliphatic hydroxyl groups is 1. The van der Waals surface area contributed by atoms with Crippen molar-refractivity contribution in [3.8, 4) is 0 Å². The minimum Gasteiger partial charge on any atom is -0.365 e. The number of unbranched alkanes of at least 4 members (excludes halogenated alkanes) is 2. The van der Waals surface area contributed by atoms with E-state index in [0.717, 1.165) is 25.7 Å². The van der Waals surface area contributed by atoms with E-state index in [1.807, 2.05) is 0 Å². The maximum Gasteiger partial charge on any atom is 0.165 e. The van der Waals surface area contributed by atoms with E-state index in [0.29, 0.717) is 0 Å². The second kappa shape index (κ2) is 6.44. The third-order valence-electron chi connectivity index (χ3n) is 2.19. The molecule has 0 bridgehead atoms. The fourth-order valence-electron chi connectivity index (χ4n) is 1.37. The van der Waals surface area contributed by atoms with E-state index in [1.54, 1.807) is 7.11 Å². The summed E-state index contributed by atoms with van der Waals surface area (Å²) in [6.07, 6.45) is 5.90. The second-order valence-corrected chi connectivity index (χ2v) is 3.36. The monoisotopic (exact) mass is 174 g/mol. The van der Waals surface area contributed by atoms with Gasteiger partial charge in [-0.3, -0.25) is 0 Å². The molecular weight excluding hydrogens is 152 g/mol. The summed E-state index contributed by atoms with van der Waals surface area (Å²) in [6, 6.07) is 0. The Hall–Kier alpha value is -0.0800. The first-order chi connectivity index (χ1) is 5.68. The lowest BCUT2D eigenvalue weighted by molar-refractivity contribution is -0.194. The van der Waals surface area contributed by atoms with Gasteiger partial charge in [-0.05, 0) is 6.42 Å². The van der Waals surface area contributed by atoms with Gasteiger partial charge in [-0.15, -0.1) is 0 Å². The van der Waals surface area contributed by atoms with Crippen molar-refractivity contribution in [2.24, 2.45) is 0 Å². The zero-order valence-electron chi connectivity index (χ0n) is 8.60. The molecular formula is C10H22O2. The van der Waals surface area contributed by atoms with Crippen molar-refractivity contribution in [3.63, 3.8) is 0 Å². The summed E-state index contributed by atoms with van der Waals surface area (Å²) >= 11 is 0. The van der Waals surface area contributed by atoms with Gasteiger partial charge in [-0.2, -0.15) is 0 Å². The summed E-state index contributed by atoms with van der Waals surface area (Å²) < 4.78 is 5.08. The summed E-state index contributed by atoms with van der Waals surface area (Å²) in [7, 11) is 1.58. The van der Waals surface area contributed by atoms with Crippen LogP contribution in [0.3, 0.4) is 0 Å². The van der Waals surface area contributed by atoms with Crippen molar-refractivity contribution in [3.05, 3.63) is 0 Å². The predicted molar refractivity (Wildman–Crippen MR) is 51.0 cm³/mol. The van der Waals surface area contributed by atoms with E-state index < -0.39 is 5.79 Å². The van der Waals surface area contributed by atoms with Crippen LogP contribution in [0.2, 0.25) is 0 Å².